The van der Waals surface area contributed by atoms with Gasteiger partial charge in [0, 0.05) is 18.8 Å². The Hall–Kier alpha value is -2.38. The van der Waals surface area contributed by atoms with Crippen molar-refractivity contribution in [2.24, 2.45) is 0 Å². The predicted molar refractivity (Wildman–Crippen MR) is 123 cm³/mol. The molecule has 7 heteroatoms. The number of nitrogens with one attached hydrogen (secondary N) is 1. The minimum absolute atomic E-state index is 0.00107. The van der Waals surface area contributed by atoms with Crippen LogP contribution in [0.15, 0.2) is 46.3 Å². The van der Waals surface area contributed by atoms with Gasteiger partial charge in [-0.3, -0.25) is 14.6 Å². The quantitative estimate of drug-likeness (QED) is 0.636. The van der Waals surface area contributed by atoms with Crippen LogP contribution >= 0.6 is 23.1 Å². The monoisotopic (exact) mass is 427 g/mol. The molecule has 0 saturated carbocycles. The molecule has 1 N–H and O–H groups in total. The number of pyridine rings is 1. The standard InChI is InChI=1S/C22H25N3O2S2/c1-4-15(2)13-28-14-16(3)22-18(8-10-29-22)24-20(26)12-25-19-7-9-23-11-17(19)5-6-21(25)27/h7-11,13-14H,4-6,12H2,1-3H3,(H,24,26)/b15-13+,16-14+. The van der Waals surface area contributed by atoms with Crippen LogP contribution < -0.4 is 10.2 Å². The summed E-state index contributed by atoms with van der Waals surface area (Å²) in [5.41, 5.74) is 5.00. The van der Waals surface area contributed by atoms with E-state index in [0.29, 0.717) is 12.8 Å². The van der Waals surface area contributed by atoms with Crippen LogP contribution in [0.4, 0.5) is 11.4 Å². The number of anilines is 2. The van der Waals surface area contributed by atoms with Gasteiger partial charge in [-0.05, 0) is 66.2 Å². The number of aryl methyl sites for hydroxylation is 1. The molecule has 29 heavy (non-hydrogen) atoms. The largest absolute Gasteiger partial charge is 0.323 e. The van der Waals surface area contributed by atoms with Crippen molar-refractivity contribution >= 4 is 51.9 Å². The summed E-state index contributed by atoms with van der Waals surface area (Å²) in [5.74, 6) is -0.236. The summed E-state index contributed by atoms with van der Waals surface area (Å²) in [6.45, 7) is 6.29. The number of thiophene rings is 1. The van der Waals surface area contributed by atoms with Crippen LogP contribution in [0.1, 0.15) is 44.1 Å². The van der Waals surface area contributed by atoms with Crippen molar-refractivity contribution in [3.63, 3.8) is 0 Å². The predicted octanol–water partition coefficient (Wildman–Crippen LogP) is 5.47. The maximum atomic E-state index is 12.7. The Bertz CT molecular complexity index is 962. The molecule has 2 amide bonds. The van der Waals surface area contributed by atoms with Gasteiger partial charge in [0.05, 0.1) is 16.3 Å². The van der Waals surface area contributed by atoms with Crippen molar-refractivity contribution in [3.05, 3.63) is 56.7 Å². The Morgan fingerprint density at radius 3 is 2.93 bits per heavy atom. The number of hydrogen-bond acceptors (Lipinski definition) is 5. The van der Waals surface area contributed by atoms with Crippen molar-refractivity contribution in [2.75, 3.05) is 16.8 Å². The fourth-order valence-corrected chi connectivity index (χ4v) is 4.69. The molecule has 0 bridgehead atoms. The minimum Gasteiger partial charge on any atom is -0.323 e. The van der Waals surface area contributed by atoms with Gasteiger partial charge < -0.3 is 10.2 Å². The lowest BCUT2D eigenvalue weighted by Crippen LogP contribution is -2.41. The maximum absolute atomic E-state index is 12.7. The molecule has 0 aromatic carbocycles. The number of carbonyl (C=O) groups excluding carboxylic acids is 2. The zero-order valence-corrected chi connectivity index (χ0v) is 18.5. The van der Waals surface area contributed by atoms with Gasteiger partial charge in [0.25, 0.3) is 0 Å². The van der Waals surface area contributed by atoms with Crippen LogP contribution in [0, 0.1) is 0 Å². The second-order valence-corrected chi connectivity index (χ2v) is 8.61. The maximum Gasteiger partial charge on any atom is 0.244 e. The molecule has 1 aliphatic rings. The number of fused-ring (bicyclic) bond motifs is 1. The number of amides is 2. The smallest absolute Gasteiger partial charge is 0.244 e. The molecule has 0 fully saturated rings. The molecule has 0 saturated heterocycles. The number of allylic oxidation sites excluding steroid dienone is 2. The fourth-order valence-electron chi connectivity index (χ4n) is 3.00. The third-order valence-corrected chi connectivity index (χ3v) is 6.83. The average molecular weight is 428 g/mol. The topological polar surface area (TPSA) is 62.3 Å². The second kappa shape index (κ2) is 9.89. The summed E-state index contributed by atoms with van der Waals surface area (Å²) in [7, 11) is 0. The van der Waals surface area contributed by atoms with Crippen LogP contribution in [-0.2, 0) is 16.0 Å². The molecular weight excluding hydrogens is 402 g/mol. The van der Waals surface area contributed by atoms with Crippen LogP contribution in [0.5, 0.6) is 0 Å². The summed E-state index contributed by atoms with van der Waals surface area (Å²) in [4.78, 5) is 31.8. The summed E-state index contributed by atoms with van der Waals surface area (Å²) in [5, 5.41) is 9.18. The van der Waals surface area contributed by atoms with Gasteiger partial charge in [-0.25, -0.2) is 0 Å². The lowest BCUT2D eigenvalue weighted by molar-refractivity contribution is -0.121. The lowest BCUT2D eigenvalue weighted by Gasteiger charge is -2.28. The molecule has 3 rings (SSSR count). The summed E-state index contributed by atoms with van der Waals surface area (Å²) < 4.78 is 0. The molecule has 2 aromatic heterocycles. The van der Waals surface area contributed by atoms with Gasteiger partial charge in [0.2, 0.25) is 11.8 Å². The van der Waals surface area contributed by atoms with Crippen LogP contribution in [0.3, 0.4) is 0 Å². The van der Waals surface area contributed by atoms with Crippen LogP contribution in [-0.4, -0.2) is 23.3 Å². The van der Waals surface area contributed by atoms with Crippen molar-refractivity contribution < 1.29 is 9.59 Å². The van der Waals surface area contributed by atoms with Crippen molar-refractivity contribution in [3.8, 4) is 0 Å². The number of nitrogens with zero attached hydrogens (tertiary/aromatic N) is 2. The Morgan fingerprint density at radius 1 is 1.31 bits per heavy atom. The Morgan fingerprint density at radius 2 is 2.14 bits per heavy atom. The van der Waals surface area contributed by atoms with Crippen molar-refractivity contribution in [2.45, 2.75) is 40.0 Å². The number of hydrogen-bond donors (Lipinski definition) is 1. The molecule has 152 valence electrons. The molecular formula is C22H25N3O2S2. The highest BCUT2D eigenvalue weighted by molar-refractivity contribution is 8.05. The fraction of sp³-hybridized carbons (Fsp3) is 0.318. The second-order valence-electron chi connectivity index (χ2n) is 6.95. The molecule has 5 nitrogen and oxygen atoms in total. The van der Waals surface area contributed by atoms with E-state index in [1.807, 2.05) is 18.4 Å². The number of rotatable bonds is 7. The Kier molecular flexibility index (Phi) is 7.28. The van der Waals surface area contributed by atoms with E-state index in [0.717, 1.165) is 33.8 Å². The summed E-state index contributed by atoms with van der Waals surface area (Å²) >= 11 is 3.25. The zero-order chi connectivity index (χ0) is 20.8. The van der Waals surface area contributed by atoms with Crippen molar-refractivity contribution in [1.29, 1.82) is 0 Å². The molecule has 0 spiro atoms. The van der Waals surface area contributed by atoms with Crippen LogP contribution in [0.25, 0.3) is 5.57 Å². The molecule has 0 atom stereocenters. The van der Waals surface area contributed by atoms with E-state index in [-0.39, 0.29) is 18.4 Å². The molecule has 3 heterocycles. The molecule has 0 radical (unpaired) electrons. The molecule has 1 aliphatic heterocycles. The number of thioether (sulfide) groups is 1. The molecule has 2 aromatic rings. The van der Waals surface area contributed by atoms with Gasteiger partial charge in [-0.1, -0.05) is 12.5 Å². The number of carbonyl (C=O) groups is 2. The van der Waals surface area contributed by atoms with Gasteiger partial charge in [0.15, 0.2) is 0 Å². The van der Waals surface area contributed by atoms with E-state index in [1.54, 1.807) is 46.5 Å². The van der Waals surface area contributed by atoms with Gasteiger partial charge >= 0.3 is 0 Å². The third-order valence-electron chi connectivity index (χ3n) is 4.75. The van der Waals surface area contributed by atoms with Gasteiger partial charge in [0.1, 0.15) is 6.54 Å². The molecule has 0 aliphatic carbocycles. The summed E-state index contributed by atoms with van der Waals surface area (Å²) in [6.07, 6.45) is 5.53. The third kappa shape index (κ3) is 5.36. The van der Waals surface area contributed by atoms with Crippen molar-refractivity contribution in [1.82, 2.24) is 4.98 Å². The van der Waals surface area contributed by atoms with Crippen LogP contribution in [0.2, 0.25) is 0 Å². The Balaban J connectivity index is 1.69. The van der Waals surface area contributed by atoms with Gasteiger partial charge in [-0.2, -0.15) is 0 Å². The van der Waals surface area contributed by atoms with E-state index in [2.05, 4.69) is 35.0 Å². The Labute approximate surface area is 179 Å². The average Bonchev–Trinajstić information content (AvgIpc) is 3.18. The first-order valence-electron chi connectivity index (χ1n) is 9.58. The highest BCUT2D eigenvalue weighted by atomic mass is 32.2. The first-order chi connectivity index (χ1) is 14.0. The summed E-state index contributed by atoms with van der Waals surface area (Å²) in [6, 6.07) is 3.70. The first kappa shape index (κ1) is 21.3. The van der Waals surface area contributed by atoms with Gasteiger partial charge in [-0.15, -0.1) is 23.1 Å². The van der Waals surface area contributed by atoms with E-state index in [9.17, 15) is 9.59 Å². The molecule has 0 unspecified atom stereocenters. The van der Waals surface area contributed by atoms with E-state index >= 15 is 0 Å². The highest BCUT2D eigenvalue weighted by Gasteiger charge is 2.26. The zero-order valence-electron chi connectivity index (χ0n) is 16.9. The van der Waals surface area contributed by atoms with E-state index in [4.69, 9.17) is 0 Å². The van der Waals surface area contributed by atoms with E-state index in [1.165, 1.54) is 5.57 Å². The normalized spacial score (nSPS) is 14.7. The lowest BCUT2D eigenvalue weighted by atomic mass is 10.0. The van der Waals surface area contributed by atoms with E-state index < -0.39 is 0 Å². The first-order valence-corrected chi connectivity index (χ1v) is 11.4. The minimum atomic E-state index is -0.204. The SMILES string of the molecule is CC/C(C)=C/S/C=C(\C)c1sccc1NC(=O)CN1C(=O)CCc2cnccc21. The highest BCUT2D eigenvalue weighted by Crippen LogP contribution is 2.32. The number of aromatic nitrogens is 1.